The predicted octanol–water partition coefficient (Wildman–Crippen LogP) is 6.46. The van der Waals surface area contributed by atoms with Gasteiger partial charge in [0.25, 0.3) is 0 Å². The minimum Gasteiger partial charge on any atom is -0.407 e. The lowest BCUT2D eigenvalue weighted by molar-refractivity contribution is 0.242. The summed E-state index contributed by atoms with van der Waals surface area (Å²) in [4.78, 5) is 0. The highest BCUT2D eigenvalue weighted by molar-refractivity contribution is 14.1. The highest BCUT2D eigenvalue weighted by Gasteiger charge is 2.39. The number of hydrogen-bond acceptors (Lipinski definition) is 1. The summed E-state index contributed by atoms with van der Waals surface area (Å²) in [6, 6.07) is 0. The van der Waals surface area contributed by atoms with Crippen LogP contribution in [0.25, 0.3) is 0 Å². The van der Waals surface area contributed by atoms with E-state index in [0.717, 1.165) is 6.42 Å². The first-order valence-corrected chi connectivity index (χ1v) is 11.3. The highest BCUT2D eigenvalue weighted by Crippen LogP contribution is 2.39. The summed E-state index contributed by atoms with van der Waals surface area (Å²) in [5.74, 6) is 0. The van der Waals surface area contributed by atoms with Crippen molar-refractivity contribution in [3.8, 4) is 0 Å². The van der Waals surface area contributed by atoms with E-state index in [4.69, 9.17) is 4.43 Å². The van der Waals surface area contributed by atoms with Gasteiger partial charge in [0.15, 0.2) is 8.32 Å². The third-order valence-corrected chi connectivity index (χ3v) is 9.45. The van der Waals surface area contributed by atoms with E-state index in [-0.39, 0.29) is 11.1 Å². The molecule has 0 spiro atoms. The molecule has 0 aliphatic heterocycles. The third-order valence-electron chi connectivity index (χ3n) is 4.03. The van der Waals surface area contributed by atoms with Gasteiger partial charge in [0.1, 0.15) is 0 Å². The van der Waals surface area contributed by atoms with E-state index in [0.29, 0.717) is 0 Å². The van der Waals surface area contributed by atoms with Crippen LogP contribution in [0.1, 0.15) is 53.9 Å². The zero-order chi connectivity index (χ0) is 15.3. The third kappa shape index (κ3) is 6.13. The van der Waals surface area contributed by atoms with E-state index in [9.17, 15) is 0 Å². The minimum absolute atomic E-state index is 0.101. The lowest BCUT2D eigenvalue weighted by Gasteiger charge is -2.40. The van der Waals surface area contributed by atoms with Crippen LogP contribution in [-0.2, 0) is 4.43 Å². The fourth-order valence-corrected chi connectivity index (χ4v) is 3.18. The molecular formula is C16H31IOSi. The van der Waals surface area contributed by atoms with Crippen LogP contribution < -0.4 is 0 Å². The molecular weight excluding hydrogens is 363 g/mol. The summed E-state index contributed by atoms with van der Waals surface area (Å²) in [7, 11) is -1.75. The maximum Gasteiger partial charge on any atom is 0.193 e. The first-order valence-electron chi connectivity index (χ1n) is 7.19. The molecule has 0 N–H and O–H groups in total. The van der Waals surface area contributed by atoms with Crippen molar-refractivity contribution in [1.29, 1.82) is 0 Å². The summed E-state index contributed by atoms with van der Waals surface area (Å²) in [5, 5.41) is 0.238. The van der Waals surface area contributed by atoms with E-state index in [2.05, 4.69) is 81.0 Å². The van der Waals surface area contributed by atoms with Gasteiger partial charge in [0.2, 0.25) is 0 Å². The molecule has 0 aromatic carbocycles. The molecule has 0 aromatic heterocycles. The Hall–Kier alpha value is 0.387. The Morgan fingerprint density at radius 2 is 1.89 bits per heavy atom. The standard InChI is InChI=1S/C16H31IOSi/c1-9-10-11-13(2)15(14(3)12-17)18-19(7,8)16(4,5)6/h12,15H,2,9-11H2,1,3-8H3/b14-12+/t15-/m0/s1. The van der Waals surface area contributed by atoms with Gasteiger partial charge >= 0.3 is 0 Å². The second-order valence-corrected chi connectivity index (χ2v) is 12.3. The fraction of sp³-hybridized carbons (Fsp3) is 0.750. The fourth-order valence-electron chi connectivity index (χ4n) is 1.56. The molecule has 0 saturated carbocycles. The van der Waals surface area contributed by atoms with Gasteiger partial charge in [0.05, 0.1) is 6.10 Å². The lowest BCUT2D eigenvalue weighted by Crippen LogP contribution is -2.44. The summed E-state index contributed by atoms with van der Waals surface area (Å²) >= 11 is 2.30. The Labute approximate surface area is 135 Å². The summed E-state index contributed by atoms with van der Waals surface area (Å²) < 4.78 is 8.71. The van der Waals surface area contributed by atoms with E-state index >= 15 is 0 Å². The average Bonchev–Trinajstić information content (AvgIpc) is 2.30. The number of rotatable bonds is 7. The van der Waals surface area contributed by atoms with Crippen LogP contribution in [0.5, 0.6) is 0 Å². The Morgan fingerprint density at radius 3 is 2.26 bits per heavy atom. The lowest BCUT2D eigenvalue weighted by atomic mass is 10.0. The Kier molecular flexibility index (Phi) is 8.15. The van der Waals surface area contributed by atoms with Crippen LogP contribution in [0.4, 0.5) is 0 Å². The SMILES string of the molecule is C=C(CCCC)[C@H](O[Si](C)(C)C(C)(C)C)/C(C)=C/I. The summed E-state index contributed by atoms with van der Waals surface area (Å²) in [5.41, 5.74) is 2.52. The molecule has 0 heterocycles. The zero-order valence-corrected chi connectivity index (χ0v) is 16.9. The van der Waals surface area contributed by atoms with Crippen molar-refractivity contribution in [2.45, 2.75) is 78.1 Å². The van der Waals surface area contributed by atoms with Crippen molar-refractivity contribution < 1.29 is 4.43 Å². The van der Waals surface area contributed by atoms with Gasteiger partial charge in [-0.3, -0.25) is 0 Å². The predicted molar refractivity (Wildman–Crippen MR) is 98.5 cm³/mol. The maximum atomic E-state index is 6.58. The van der Waals surface area contributed by atoms with Gasteiger partial charge in [0, 0.05) is 0 Å². The monoisotopic (exact) mass is 394 g/mol. The molecule has 3 heteroatoms. The van der Waals surface area contributed by atoms with Crippen molar-refractivity contribution in [3.05, 3.63) is 21.8 Å². The smallest absolute Gasteiger partial charge is 0.193 e. The van der Waals surface area contributed by atoms with E-state index in [1.165, 1.54) is 24.0 Å². The molecule has 0 amide bonds. The molecule has 0 aliphatic rings. The number of hydrogen-bond donors (Lipinski definition) is 0. The molecule has 1 nitrogen and oxygen atoms in total. The van der Waals surface area contributed by atoms with Crippen LogP contribution in [0.2, 0.25) is 18.1 Å². The van der Waals surface area contributed by atoms with Crippen molar-refractivity contribution >= 4 is 30.9 Å². The maximum absolute atomic E-state index is 6.58. The largest absolute Gasteiger partial charge is 0.407 e. The molecule has 0 aliphatic carbocycles. The first-order chi connectivity index (χ1) is 8.56. The van der Waals surface area contributed by atoms with Gasteiger partial charge in [-0.25, -0.2) is 0 Å². The zero-order valence-electron chi connectivity index (χ0n) is 13.8. The van der Waals surface area contributed by atoms with Gasteiger partial charge < -0.3 is 4.43 Å². The average molecular weight is 394 g/mol. The molecule has 0 bridgehead atoms. The van der Waals surface area contributed by atoms with Crippen LogP contribution in [0.15, 0.2) is 21.8 Å². The summed E-state index contributed by atoms with van der Waals surface area (Å²) in [6.45, 7) is 20.1. The van der Waals surface area contributed by atoms with E-state index in [1.807, 2.05) is 0 Å². The van der Waals surface area contributed by atoms with E-state index < -0.39 is 8.32 Å². The topological polar surface area (TPSA) is 9.23 Å². The van der Waals surface area contributed by atoms with Crippen LogP contribution in [0.3, 0.4) is 0 Å². The Morgan fingerprint density at radius 1 is 1.37 bits per heavy atom. The molecule has 112 valence electrons. The quantitative estimate of drug-likeness (QED) is 0.273. The van der Waals surface area contributed by atoms with Crippen LogP contribution in [0, 0.1) is 0 Å². The normalized spacial score (nSPS) is 15.5. The van der Waals surface area contributed by atoms with Crippen LogP contribution in [-0.4, -0.2) is 14.4 Å². The Balaban J connectivity index is 5.04. The van der Waals surface area contributed by atoms with Gasteiger partial charge in [-0.2, -0.15) is 0 Å². The molecule has 0 saturated heterocycles. The van der Waals surface area contributed by atoms with Gasteiger partial charge in [-0.1, -0.05) is 63.3 Å². The first kappa shape index (κ1) is 19.4. The Bertz CT molecular complexity index is 326. The second kappa shape index (κ2) is 7.98. The molecule has 0 radical (unpaired) electrons. The molecule has 1 atom stereocenters. The summed E-state index contributed by atoms with van der Waals surface area (Å²) in [6.07, 6.45) is 3.57. The van der Waals surface area contributed by atoms with Crippen molar-refractivity contribution in [3.63, 3.8) is 0 Å². The number of halogens is 1. The molecule has 0 rings (SSSR count). The number of unbranched alkanes of at least 4 members (excludes halogenated alkanes) is 1. The van der Waals surface area contributed by atoms with Gasteiger partial charge in [-0.15, -0.1) is 0 Å². The van der Waals surface area contributed by atoms with Crippen molar-refractivity contribution in [2.24, 2.45) is 0 Å². The van der Waals surface area contributed by atoms with Crippen molar-refractivity contribution in [2.75, 3.05) is 0 Å². The van der Waals surface area contributed by atoms with Gasteiger partial charge in [-0.05, 0) is 53.1 Å². The minimum atomic E-state index is -1.75. The van der Waals surface area contributed by atoms with E-state index in [1.54, 1.807) is 0 Å². The highest BCUT2D eigenvalue weighted by atomic mass is 127. The van der Waals surface area contributed by atoms with Crippen molar-refractivity contribution in [1.82, 2.24) is 0 Å². The molecule has 0 unspecified atom stereocenters. The van der Waals surface area contributed by atoms with Crippen LogP contribution >= 0.6 is 22.6 Å². The second-order valence-electron chi connectivity index (χ2n) is 6.87. The molecule has 19 heavy (non-hydrogen) atoms. The molecule has 0 aromatic rings. The molecule has 0 fully saturated rings.